The number of ether oxygens (including phenoxy) is 1. The summed E-state index contributed by atoms with van der Waals surface area (Å²) < 4.78 is 9.65. The standard InChI is InChI=1S/C25H38N2O2S/c1-18(2)30(26-7,19(3)4)25-20(5)15-23(16-21(25)6)29-14-13-24(28)27-17-22-11-9-8-10-12-22/h8-12,15-16,18-19,26H,13-14,17H2,1-7H3,(H,27,28). The number of aryl methyl sites for hydroxylation is 2. The third-order valence-corrected chi connectivity index (χ3v) is 10.5. The molecule has 30 heavy (non-hydrogen) atoms. The van der Waals surface area contributed by atoms with Crippen LogP contribution in [0.3, 0.4) is 0 Å². The van der Waals surface area contributed by atoms with Gasteiger partial charge in [0.2, 0.25) is 5.91 Å². The molecule has 0 heterocycles. The molecule has 0 atom stereocenters. The summed E-state index contributed by atoms with van der Waals surface area (Å²) in [6.07, 6.45) is 0.344. The van der Waals surface area contributed by atoms with Gasteiger partial charge in [-0.05, 0) is 60.2 Å². The second-order valence-corrected chi connectivity index (χ2v) is 12.4. The van der Waals surface area contributed by atoms with E-state index in [1.165, 1.54) is 16.0 Å². The maximum Gasteiger partial charge on any atom is 0.223 e. The van der Waals surface area contributed by atoms with E-state index in [0.717, 1.165) is 11.3 Å². The highest BCUT2D eigenvalue weighted by atomic mass is 32.3. The lowest BCUT2D eigenvalue weighted by molar-refractivity contribution is -0.121. The Morgan fingerprint density at radius 1 is 1.00 bits per heavy atom. The fraction of sp³-hybridized carbons (Fsp3) is 0.480. The van der Waals surface area contributed by atoms with Crippen molar-refractivity contribution in [3.05, 3.63) is 59.2 Å². The minimum absolute atomic E-state index is 0.00202. The molecular weight excluding hydrogens is 392 g/mol. The number of rotatable bonds is 10. The molecule has 0 aliphatic rings. The molecule has 2 rings (SSSR count). The zero-order valence-electron chi connectivity index (χ0n) is 19.5. The minimum atomic E-state index is -1.16. The van der Waals surface area contributed by atoms with E-state index in [1.807, 2.05) is 30.3 Å². The van der Waals surface area contributed by atoms with Crippen LogP contribution in [-0.2, 0) is 11.3 Å². The van der Waals surface area contributed by atoms with Crippen molar-refractivity contribution in [3.63, 3.8) is 0 Å². The Kier molecular flexibility index (Phi) is 8.80. The van der Waals surface area contributed by atoms with Crippen molar-refractivity contribution in [1.29, 1.82) is 0 Å². The van der Waals surface area contributed by atoms with Crippen molar-refractivity contribution in [2.75, 3.05) is 13.7 Å². The van der Waals surface area contributed by atoms with E-state index in [-0.39, 0.29) is 5.91 Å². The smallest absolute Gasteiger partial charge is 0.223 e. The van der Waals surface area contributed by atoms with Crippen LogP contribution in [0.2, 0.25) is 0 Å². The maximum absolute atomic E-state index is 12.1. The first-order valence-corrected chi connectivity index (χ1v) is 12.5. The summed E-state index contributed by atoms with van der Waals surface area (Å²) in [6.45, 7) is 14.5. The Bertz CT molecular complexity index is 803. The van der Waals surface area contributed by atoms with Crippen LogP contribution in [0.25, 0.3) is 0 Å². The third-order valence-electron chi connectivity index (χ3n) is 5.53. The fourth-order valence-corrected chi connectivity index (χ4v) is 8.62. The highest BCUT2D eigenvalue weighted by molar-refractivity contribution is 8.33. The Hall–Kier alpha value is -1.98. The second kappa shape index (κ2) is 10.9. The summed E-state index contributed by atoms with van der Waals surface area (Å²) in [6, 6.07) is 14.2. The van der Waals surface area contributed by atoms with E-state index in [1.54, 1.807) is 0 Å². The number of hydrogen-bond acceptors (Lipinski definition) is 3. The minimum Gasteiger partial charge on any atom is -0.493 e. The fourth-order valence-electron chi connectivity index (χ4n) is 4.26. The third kappa shape index (κ3) is 5.58. The zero-order chi connectivity index (χ0) is 22.3. The second-order valence-electron chi connectivity index (χ2n) is 8.26. The largest absolute Gasteiger partial charge is 0.493 e. The molecule has 2 aromatic rings. The lowest BCUT2D eigenvalue weighted by atomic mass is 10.1. The first kappa shape index (κ1) is 24.3. The molecule has 5 heteroatoms. The number of hydrogen-bond donors (Lipinski definition) is 2. The van der Waals surface area contributed by atoms with Crippen LogP contribution in [0, 0.1) is 13.8 Å². The molecule has 0 fully saturated rings. The van der Waals surface area contributed by atoms with E-state index >= 15 is 0 Å². The van der Waals surface area contributed by atoms with Gasteiger partial charge in [-0.3, -0.25) is 9.52 Å². The van der Waals surface area contributed by atoms with E-state index in [0.29, 0.717) is 30.1 Å². The summed E-state index contributed by atoms with van der Waals surface area (Å²) >= 11 is 0. The number of nitrogens with one attached hydrogen (secondary N) is 2. The maximum atomic E-state index is 12.1. The molecule has 0 aliphatic heterocycles. The van der Waals surface area contributed by atoms with Gasteiger partial charge >= 0.3 is 0 Å². The Labute approximate surface area is 184 Å². The SMILES string of the molecule is CNS(c1c(C)cc(OCCC(=O)NCc2ccccc2)cc1C)(C(C)C)C(C)C. The van der Waals surface area contributed by atoms with Gasteiger partial charge in [0.25, 0.3) is 0 Å². The van der Waals surface area contributed by atoms with Crippen LogP contribution in [0.1, 0.15) is 50.8 Å². The molecular formula is C25H38N2O2S. The quantitative estimate of drug-likeness (QED) is 0.523. The van der Waals surface area contributed by atoms with Crippen molar-refractivity contribution in [3.8, 4) is 5.75 Å². The zero-order valence-corrected chi connectivity index (χ0v) is 20.4. The molecule has 0 spiro atoms. The van der Waals surface area contributed by atoms with Gasteiger partial charge in [0.1, 0.15) is 5.75 Å². The van der Waals surface area contributed by atoms with Crippen molar-refractivity contribution < 1.29 is 9.53 Å². The van der Waals surface area contributed by atoms with E-state index < -0.39 is 10.2 Å². The molecule has 0 aliphatic carbocycles. The molecule has 0 saturated carbocycles. The number of carbonyl (C=O) groups excluding carboxylic acids is 1. The summed E-state index contributed by atoms with van der Waals surface area (Å²) in [5.74, 6) is 0.837. The molecule has 1 amide bonds. The van der Waals surface area contributed by atoms with Crippen molar-refractivity contribution in [2.45, 2.75) is 69.9 Å². The molecule has 2 aromatic carbocycles. The van der Waals surface area contributed by atoms with Crippen LogP contribution in [0.4, 0.5) is 0 Å². The van der Waals surface area contributed by atoms with Crippen molar-refractivity contribution >= 4 is 16.1 Å². The van der Waals surface area contributed by atoms with Crippen LogP contribution >= 0.6 is 10.2 Å². The van der Waals surface area contributed by atoms with E-state index in [9.17, 15) is 4.79 Å². The van der Waals surface area contributed by atoms with E-state index in [2.05, 4.69) is 70.8 Å². The van der Waals surface area contributed by atoms with Crippen molar-refractivity contribution in [2.24, 2.45) is 0 Å². The lowest BCUT2D eigenvalue weighted by Gasteiger charge is -2.49. The van der Waals surface area contributed by atoms with Crippen LogP contribution in [0.15, 0.2) is 47.4 Å². The number of carbonyl (C=O) groups is 1. The van der Waals surface area contributed by atoms with Crippen LogP contribution in [0.5, 0.6) is 5.75 Å². The first-order valence-electron chi connectivity index (χ1n) is 10.8. The average molecular weight is 431 g/mol. The van der Waals surface area contributed by atoms with Gasteiger partial charge in [0.05, 0.1) is 13.0 Å². The normalized spacial score (nSPS) is 12.3. The summed E-state index contributed by atoms with van der Waals surface area (Å²) in [7, 11) is 0.928. The summed E-state index contributed by atoms with van der Waals surface area (Å²) in [5.41, 5.74) is 3.61. The van der Waals surface area contributed by atoms with Gasteiger partial charge in [-0.1, -0.05) is 58.0 Å². The van der Waals surface area contributed by atoms with Gasteiger partial charge in [0.15, 0.2) is 0 Å². The van der Waals surface area contributed by atoms with Gasteiger partial charge in [-0.15, -0.1) is 0 Å². The van der Waals surface area contributed by atoms with Gasteiger partial charge in [-0.2, -0.15) is 10.2 Å². The molecule has 0 bridgehead atoms. The topological polar surface area (TPSA) is 50.4 Å². The summed E-state index contributed by atoms with van der Waals surface area (Å²) in [4.78, 5) is 13.6. The lowest BCUT2D eigenvalue weighted by Crippen LogP contribution is -2.33. The molecule has 4 nitrogen and oxygen atoms in total. The number of amides is 1. The highest BCUT2D eigenvalue weighted by Gasteiger charge is 2.34. The van der Waals surface area contributed by atoms with Gasteiger partial charge in [0, 0.05) is 11.4 Å². The molecule has 0 aromatic heterocycles. The Morgan fingerprint density at radius 2 is 1.57 bits per heavy atom. The Morgan fingerprint density at radius 3 is 2.07 bits per heavy atom. The molecule has 0 radical (unpaired) electrons. The monoisotopic (exact) mass is 430 g/mol. The van der Waals surface area contributed by atoms with Gasteiger partial charge in [-0.25, -0.2) is 0 Å². The Balaban J connectivity index is 2.02. The first-order chi connectivity index (χ1) is 14.2. The molecule has 0 saturated heterocycles. The molecule has 166 valence electrons. The van der Waals surface area contributed by atoms with E-state index in [4.69, 9.17) is 4.74 Å². The predicted octanol–water partition coefficient (Wildman–Crippen LogP) is 5.50. The van der Waals surface area contributed by atoms with Crippen LogP contribution < -0.4 is 14.8 Å². The highest BCUT2D eigenvalue weighted by Crippen LogP contribution is 2.61. The molecule has 2 N–H and O–H groups in total. The van der Waals surface area contributed by atoms with Crippen molar-refractivity contribution in [1.82, 2.24) is 10.0 Å². The predicted molar refractivity (Wildman–Crippen MR) is 130 cm³/mol. The van der Waals surface area contributed by atoms with Crippen LogP contribution in [-0.4, -0.2) is 30.1 Å². The van der Waals surface area contributed by atoms with Gasteiger partial charge < -0.3 is 10.1 Å². The molecule has 0 unspecified atom stereocenters. The summed E-state index contributed by atoms with van der Waals surface area (Å²) in [5, 5.41) is 4.00. The number of benzene rings is 2. The average Bonchev–Trinajstić information content (AvgIpc) is 2.69.